The number of hydrogen-bond acceptors (Lipinski definition) is 4. The van der Waals surface area contributed by atoms with Crippen LogP contribution < -0.4 is 4.90 Å². The Morgan fingerprint density at radius 2 is 1.88 bits per heavy atom. The fourth-order valence-corrected chi connectivity index (χ4v) is 3.93. The highest BCUT2D eigenvalue weighted by atomic mass is 19.1. The average Bonchev–Trinajstić information content (AvgIpc) is 3.09. The highest BCUT2D eigenvalue weighted by molar-refractivity contribution is 5.97. The first kappa shape index (κ1) is 21.5. The minimum absolute atomic E-state index is 0.240. The molecule has 0 saturated heterocycles. The number of amides is 1. The van der Waals surface area contributed by atoms with E-state index in [0.717, 1.165) is 46.7 Å². The molecule has 0 aliphatic carbocycles. The molecule has 0 saturated carbocycles. The predicted molar refractivity (Wildman–Crippen MR) is 120 cm³/mol. The number of halogens is 1. The molecule has 1 aliphatic rings. The molecule has 0 N–H and O–H groups in total. The van der Waals surface area contributed by atoms with E-state index < -0.39 is 5.97 Å². The van der Waals surface area contributed by atoms with E-state index in [1.54, 1.807) is 27.8 Å². The third kappa shape index (κ3) is 4.46. The molecule has 2 aromatic carbocycles. The van der Waals surface area contributed by atoms with Crippen LogP contribution in [-0.4, -0.2) is 34.8 Å². The summed E-state index contributed by atoms with van der Waals surface area (Å²) < 4.78 is 20.1. The summed E-state index contributed by atoms with van der Waals surface area (Å²) in [6.45, 7) is 4.00. The lowest BCUT2D eigenvalue weighted by Crippen LogP contribution is -2.38. The molecule has 0 fully saturated rings. The van der Waals surface area contributed by atoms with Crippen molar-refractivity contribution < 1.29 is 18.7 Å². The molecule has 1 amide bonds. The van der Waals surface area contributed by atoms with Crippen LogP contribution in [0.25, 0.3) is 11.8 Å². The van der Waals surface area contributed by atoms with E-state index in [1.807, 2.05) is 38.1 Å². The lowest BCUT2D eigenvalue weighted by Gasteiger charge is -2.29. The number of benzene rings is 2. The topological polar surface area (TPSA) is 64.4 Å². The van der Waals surface area contributed by atoms with Crippen LogP contribution in [-0.2, 0) is 20.7 Å². The maximum atomic E-state index is 13.2. The molecule has 32 heavy (non-hydrogen) atoms. The monoisotopic (exact) mass is 433 g/mol. The highest BCUT2D eigenvalue weighted by Gasteiger charge is 2.22. The average molecular weight is 433 g/mol. The van der Waals surface area contributed by atoms with Crippen LogP contribution in [0.15, 0.2) is 54.6 Å². The molecule has 164 valence electrons. The van der Waals surface area contributed by atoms with Gasteiger partial charge >= 0.3 is 5.97 Å². The van der Waals surface area contributed by atoms with Crippen LogP contribution in [0.5, 0.6) is 0 Å². The van der Waals surface area contributed by atoms with Gasteiger partial charge in [-0.1, -0.05) is 18.2 Å². The summed E-state index contributed by atoms with van der Waals surface area (Å²) >= 11 is 0. The molecular formula is C25H24FN3O3. The summed E-state index contributed by atoms with van der Waals surface area (Å²) in [5.74, 6) is -1.16. The van der Waals surface area contributed by atoms with Gasteiger partial charge in [-0.05, 0) is 68.7 Å². The van der Waals surface area contributed by atoms with Crippen molar-refractivity contribution in [2.24, 2.45) is 0 Å². The first-order valence-electron chi connectivity index (χ1n) is 10.5. The fourth-order valence-electron chi connectivity index (χ4n) is 3.93. The summed E-state index contributed by atoms with van der Waals surface area (Å²) in [7, 11) is 0. The van der Waals surface area contributed by atoms with Crippen molar-refractivity contribution in [1.29, 1.82) is 0 Å². The number of nitrogens with zero attached hydrogens (tertiary/aromatic N) is 3. The Hall–Kier alpha value is -3.74. The van der Waals surface area contributed by atoms with Gasteiger partial charge in [0.2, 0.25) is 0 Å². The van der Waals surface area contributed by atoms with Gasteiger partial charge in [-0.3, -0.25) is 4.79 Å². The van der Waals surface area contributed by atoms with E-state index in [4.69, 9.17) is 4.74 Å². The maximum Gasteiger partial charge on any atom is 0.331 e. The number of hydrogen-bond donors (Lipinski definition) is 0. The third-order valence-electron chi connectivity index (χ3n) is 5.55. The number of carbonyl (C=O) groups is 2. The quantitative estimate of drug-likeness (QED) is 0.448. The Labute approximate surface area is 185 Å². The second kappa shape index (κ2) is 9.18. The number of aromatic nitrogens is 2. The number of para-hydroxylation sites is 1. The Morgan fingerprint density at radius 1 is 1.12 bits per heavy atom. The lowest BCUT2D eigenvalue weighted by molar-refractivity contribution is -0.142. The van der Waals surface area contributed by atoms with Crippen LogP contribution in [0.4, 0.5) is 10.1 Å². The molecule has 1 aliphatic heterocycles. The normalized spacial score (nSPS) is 13.3. The Kier molecular flexibility index (Phi) is 6.16. The van der Waals surface area contributed by atoms with E-state index in [-0.39, 0.29) is 18.3 Å². The fraction of sp³-hybridized carbons (Fsp3) is 0.240. The minimum atomic E-state index is -0.600. The van der Waals surface area contributed by atoms with Gasteiger partial charge in [-0.25, -0.2) is 13.9 Å². The van der Waals surface area contributed by atoms with Gasteiger partial charge in [0.1, 0.15) is 5.82 Å². The number of fused-ring (bicyclic) bond motifs is 1. The molecule has 4 rings (SSSR count). The van der Waals surface area contributed by atoms with Gasteiger partial charge < -0.3 is 9.64 Å². The summed E-state index contributed by atoms with van der Waals surface area (Å²) in [5, 5.41) is 4.47. The van der Waals surface area contributed by atoms with Crippen molar-refractivity contribution in [3.63, 3.8) is 0 Å². The van der Waals surface area contributed by atoms with Crippen LogP contribution >= 0.6 is 0 Å². The second-order valence-corrected chi connectivity index (χ2v) is 7.69. The molecule has 0 unspecified atom stereocenters. The van der Waals surface area contributed by atoms with Crippen molar-refractivity contribution >= 4 is 23.6 Å². The number of carbonyl (C=O) groups excluding carboxylic acids is 2. The summed E-state index contributed by atoms with van der Waals surface area (Å²) in [5.41, 5.74) is 5.03. The lowest BCUT2D eigenvalue weighted by atomic mass is 10.0. The summed E-state index contributed by atoms with van der Waals surface area (Å²) in [6, 6.07) is 13.8. The molecular weight excluding hydrogens is 409 g/mol. The summed E-state index contributed by atoms with van der Waals surface area (Å²) in [6.07, 6.45) is 4.74. The van der Waals surface area contributed by atoms with E-state index in [0.29, 0.717) is 6.54 Å². The largest absolute Gasteiger partial charge is 0.452 e. The van der Waals surface area contributed by atoms with Gasteiger partial charge in [0.15, 0.2) is 6.61 Å². The molecule has 2 heterocycles. The highest BCUT2D eigenvalue weighted by Crippen LogP contribution is 2.26. The predicted octanol–water partition coefficient (Wildman–Crippen LogP) is 4.16. The molecule has 0 bridgehead atoms. The molecule has 0 spiro atoms. The molecule has 1 aromatic heterocycles. The molecule has 6 nitrogen and oxygen atoms in total. The first-order chi connectivity index (χ1) is 15.4. The van der Waals surface area contributed by atoms with E-state index in [1.165, 1.54) is 18.2 Å². The van der Waals surface area contributed by atoms with Crippen LogP contribution in [0.2, 0.25) is 0 Å². The van der Waals surface area contributed by atoms with Crippen molar-refractivity contribution in [2.45, 2.75) is 26.7 Å². The zero-order valence-corrected chi connectivity index (χ0v) is 18.0. The zero-order chi connectivity index (χ0) is 22.7. The Bertz CT molecular complexity index is 1180. The number of ether oxygens (including phenoxy) is 1. The number of esters is 1. The number of anilines is 1. The molecule has 3 aromatic rings. The van der Waals surface area contributed by atoms with Gasteiger partial charge in [0.25, 0.3) is 5.91 Å². The second-order valence-electron chi connectivity index (χ2n) is 7.69. The van der Waals surface area contributed by atoms with Crippen molar-refractivity contribution in [2.75, 3.05) is 18.1 Å². The van der Waals surface area contributed by atoms with Crippen molar-refractivity contribution in [3.8, 4) is 5.69 Å². The van der Waals surface area contributed by atoms with Gasteiger partial charge in [0, 0.05) is 29.6 Å². The van der Waals surface area contributed by atoms with Crippen LogP contribution in [0.1, 0.15) is 28.9 Å². The molecule has 0 radical (unpaired) electrons. The van der Waals surface area contributed by atoms with Crippen LogP contribution in [0, 0.1) is 19.7 Å². The standard InChI is InChI=1S/C25H24FN3O3/c1-17-22(18(2)29(27-17)21-11-9-20(26)10-12-21)13-14-25(31)32-16-24(30)28-15-5-7-19-6-3-4-8-23(19)28/h3-4,6,8-14H,5,7,15-16H2,1-2H3/b14-13+. The van der Waals surface area contributed by atoms with Crippen molar-refractivity contribution in [1.82, 2.24) is 9.78 Å². The SMILES string of the molecule is Cc1nn(-c2ccc(F)cc2)c(C)c1/C=C/C(=O)OCC(=O)N1CCCc2ccccc21. The van der Waals surface area contributed by atoms with Crippen molar-refractivity contribution in [3.05, 3.63) is 82.9 Å². The number of rotatable bonds is 5. The number of aryl methyl sites for hydroxylation is 2. The third-order valence-corrected chi connectivity index (χ3v) is 5.55. The minimum Gasteiger partial charge on any atom is -0.452 e. The van der Waals surface area contributed by atoms with E-state index in [2.05, 4.69) is 5.10 Å². The van der Waals surface area contributed by atoms with Gasteiger partial charge in [-0.2, -0.15) is 5.10 Å². The zero-order valence-electron chi connectivity index (χ0n) is 18.0. The molecule has 0 atom stereocenters. The smallest absolute Gasteiger partial charge is 0.331 e. The first-order valence-corrected chi connectivity index (χ1v) is 10.5. The summed E-state index contributed by atoms with van der Waals surface area (Å²) in [4.78, 5) is 26.5. The van der Waals surface area contributed by atoms with Gasteiger partial charge in [0.05, 0.1) is 11.4 Å². The maximum absolute atomic E-state index is 13.2. The van der Waals surface area contributed by atoms with Gasteiger partial charge in [-0.15, -0.1) is 0 Å². The Balaban J connectivity index is 1.40. The van der Waals surface area contributed by atoms with E-state index in [9.17, 15) is 14.0 Å². The Morgan fingerprint density at radius 3 is 2.66 bits per heavy atom. The molecule has 7 heteroatoms. The van der Waals surface area contributed by atoms with E-state index >= 15 is 0 Å². The van der Waals surface area contributed by atoms with Crippen LogP contribution in [0.3, 0.4) is 0 Å².